The van der Waals surface area contributed by atoms with Crippen molar-refractivity contribution in [1.29, 1.82) is 0 Å². The average Bonchev–Trinajstić information content (AvgIpc) is 3.11. The summed E-state index contributed by atoms with van der Waals surface area (Å²) in [5.74, 6) is -2.05. The Morgan fingerprint density at radius 2 is 1.30 bits per heavy atom. The highest BCUT2D eigenvalue weighted by atomic mass is 35.5. The van der Waals surface area contributed by atoms with E-state index in [4.69, 9.17) is 11.6 Å². The van der Waals surface area contributed by atoms with Crippen LogP contribution < -0.4 is 4.90 Å². The number of alkyl halides is 1. The molecule has 0 unspecified atom stereocenters. The molecule has 4 rings (SSSR count). The van der Waals surface area contributed by atoms with E-state index in [1.165, 1.54) is 12.1 Å². The molecule has 1 saturated heterocycles. The minimum absolute atomic E-state index is 0.0457. The topological polar surface area (TPSA) is 74.7 Å². The van der Waals surface area contributed by atoms with E-state index in [0.29, 0.717) is 5.56 Å². The van der Waals surface area contributed by atoms with Crippen molar-refractivity contribution in [2.75, 3.05) is 4.90 Å². The molecule has 5 nitrogen and oxygen atoms in total. The van der Waals surface area contributed by atoms with E-state index < -0.39 is 22.7 Å². The van der Waals surface area contributed by atoms with Crippen LogP contribution in [0.15, 0.2) is 78.9 Å². The van der Waals surface area contributed by atoms with Crippen LogP contribution in [0.2, 0.25) is 0 Å². The van der Waals surface area contributed by atoms with E-state index in [9.17, 15) is 19.5 Å². The molecule has 6 heteroatoms. The van der Waals surface area contributed by atoms with Gasteiger partial charge in [-0.15, -0.1) is 11.6 Å². The summed E-state index contributed by atoms with van der Waals surface area (Å²) >= 11 is 7.26. The van der Waals surface area contributed by atoms with Crippen molar-refractivity contribution in [1.82, 2.24) is 0 Å². The Kier molecular flexibility index (Phi) is 5.14. The predicted molar refractivity (Wildman–Crippen MR) is 114 cm³/mol. The van der Waals surface area contributed by atoms with Gasteiger partial charge < -0.3 is 5.11 Å². The second-order valence-corrected chi connectivity index (χ2v) is 7.62. The number of carboxylic acid groups (broad SMARTS) is 1. The monoisotopic (exact) mass is 419 g/mol. The maximum absolute atomic E-state index is 12.3. The summed E-state index contributed by atoms with van der Waals surface area (Å²) in [6, 6.07) is 23.4. The van der Waals surface area contributed by atoms with Crippen molar-refractivity contribution in [2.24, 2.45) is 0 Å². The van der Waals surface area contributed by atoms with Gasteiger partial charge in [-0.25, -0.2) is 9.69 Å². The van der Waals surface area contributed by atoms with Gasteiger partial charge in [0.25, 0.3) is 0 Å². The summed E-state index contributed by atoms with van der Waals surface area (Å²) < 4.78 is 0. The van der Waals surface area contributed by atoms with Crippen LogP contribution in [0.4, 0.5) is 5.69 Å². The Bertz CT molecular complexity index is 1070. The number of halogens is 1. The molecule has 1 heterocycles. The molecule has 1 aliphatic rings. The number of carbonyl (C=O) groups excluding carboxylic acids is 2. The fourth-order valence-electron chi connectivity index (χ4n) is 3.79. The van der Waals surface area contributed by atoms with Crippen LogP contribution >= 0.6 is 11.6 Å². The van der Waals surface area contributed by atoms with E-state index >= 15 is 0 Å². The molecule has 0 saturated carbocycles. The largest absolute Gasteiger partial charge is 0.478 e. The summed E-state index contributed by atoms with van der Waals surface area (Å²) in [6.07, 6.45) is 0.122. The number of carboxylic acids is 1. The van der Waals surface area contributed by atoms with Crippen LogP contribution in [0, 0.1) is 0 Å². The van der Waals surface area contributed by atoms with Gasteiger partial charge in [0.2, 0.25) is 11.8 Å². The molecule has 1 fully saturated rings. The molecule has 1 N–H and O–H groups in total. The maximum atomic E-state index is 12.3. The molecule has 30 heavy (non-hydrogen) atoms. The van der Waals surface area contributed by atoms with Gasteiger partial charge in [0.05, 0.1) is 11.3 Å². The normalized spacial score (nSPS) is 14.2. The number of carbonyl (C=O) groups is 3. The third kappa shape index (κ3) is 3.27. The number of hydrogen-bond acceptors (Lipinski definition) is 3. The van der Waals surface area contributed by atoms with Crippen LogP contribution in [-0.2, 0) is 14.5 Å². The third-order valence-electron chi connectivity index (χ3n) is 5.26. The first-order valence-corrected chi connectivity index (χ1v) is 9.84. The number of imide groups is 1. The van der Waals surface area contributed by atoms with E-state index in [2.05, 4.69) is 0 Å². The first kappa shape index (κ1) is 19.9. The van der Waals surface area contributed by atoms with Crippen molar-refractivity contribution in [3.63, 3.8) is 0 Å². The molecular weight excluding hydrogens is 402 g/mol. The zero-order valence-electron chi connectivity index (χ0n) is 15.9. The predicted octanol–water partition coefficient (Wildman–Crippen LogP) is 4.57. The highest BCUT2D eigenvalue weighted by Crippen LogP contribution is 2.44. The molecule has 2 amide bonds. The summed E-state index contributed by atoms with van der Waals surface area (Å²) in [6.45, 7) is 0. The Morgan fingerprint density at radius 3 is 1.77 bits per heavy atom. The minimum atomic E-state index is -1.22. The first-order valence-electron chi connectivity index (χ1n) is 9.46. The number of anilines is 1. The summed E-state index contributed by atoms with van der Waals surface area (Å²) in [4.78, 5) is 36.3. The van der Waals surface area contributed by atoms with Gasteiger partial charge in [-0.05, 0) is 28.8 Å². The number of benzene rings is 3. The Hall–Kier alpha value is -3.44. The van der Waals surface area contributed by atoms with Crippen LogP contribution in [0.5, 0.6) is 0 Å². The van der Waals surface area contributed by atoms with Crippen molar-refractivity contribution >= 4 is 35.1 Å². The van der Waals surface area contributed by atoms with E-state index in [1.54, 1.807) is 6.07 Å². The third-order valence-corrected chi connectivity index (χ3v) is 5.92. The van der Waals surface area contributed by atoms with Gasteiger partial charge >= 0.3 is 5.97 Å². The molecule has 0 aliphatic carbocycles. The van der Waals surface area contributed by atoms with Gasteiger partial charge in [0.15, 0.2) is 0 Å². The van der Waals surface area contributed by atoms with Crippen LogP contribution in [0.25, 0.3) is 0 Å². The molecule has 0 radical (unpaired) electrons. The van der Waals surface area contributed by atoms with Crippen LogP contribution in [0.3, 0.4) is 0 Å². The number of hydrogen-bond donors (Lipinski definition) is 1. The minimum Gasteiger partial charge on any atom is -0.478 e. The second kappa shape index (κ2) is 7.76. The fraction of sp³-hybridized carbons (Fsp3) is 0.125. The van der Waals surface area contributed by atoms with Crippen molar-refractivity contribution in [3.8, 4) is 0 Å². The zero-order valence-corrected chi connectivity index (χ0v) is 16.7. The quantitative estimate of drug-likeness (QED) is 0.373. The second-order valence-electron chi connectivity index (χ2n) is 7.05. The van der Waals surface area contributed by atoms with Crippen molar-refractivity contribution in [2.45, 2.75) is 17.7 Å². The van der Waals surface area contributed by atoms with Gasteiger partial charge in [0, 0.05) is 12.8 Å². The van der Waals surface area contributed by atoms with Crippen LogP contribution in [0.1, 0.15) is 39.9 Å². The molecule has 0 atom stereocenters. The lowest BCUT2D eigenvalue weighted by atomic mass is 9.83. The fourth-order valence-corrected chi connectivity index (χ4v) is 4.16. The lowest BCUT2D eigenvalue weighted by Crippen LogP contribution is -2.31. The number of amides is 2. The standard InChI is InChI=1S/C24H18ClNO4/c25-24(16-7-3-1-4-8-16,17-9-5-2-6-10-17)18-11-12-19(23(29)30)20(15-18)26-21(27)13-14-22(26)28/h1-12,15H,13-14H2,(H,29,30). The zero-order chi connectivity index (χ0) is 21.3. The lowest BCUT2D eigenvalue weighted by Gasteiger charge is -2.30. The molecule has 0 spiro atoms. The van der Waals surface area contributed by atoms with E-state index in [1.807, 2.05) is 60.7 Å². The summed E-state index contributed by atoms with van der Waals surface area (Å²) in [5.41, 5.74) is 2.05. The van der Waals surface area contributed by atoms with Gasteiger partial charge in [-0.3, -0.25) is 9.59 Å². The Morgan fingerprint density at radius 1 is 0.800 bits per heavy atom. The molecule has 3 aromatic carbocycles. The highest BCUT2D eigenvalue weighted by Gasteiger charge is 2.38. The summed E-state index contributed by atoms with van der Waals surface area (Å²) in [7, 11) is 0. The maximum Gasteiger partial charge on any atom is 0.337 e. The van der Waals surface area contributed by atoms with Gasteiger partial charge in [-0.2, -0.15) is 0 Å². The molecule has 0 bridgehead atoms. The molecular formula is C24H18ClNO4. The first-order chi connectivity index (χ1) is 14.4. The number of aromatic carboxylic acids is 1. The molecule has 0 aromatic heterocycles. The van der Waals surface area contributed by atoms with Gasteiger partial charge in [0.1, 0.15) is 4.87 Å². The average molecular weight is 420 g/mol. The summed E-state index contributed by atoms with van der Waals surface area (Å²) in [5, 5.41) is 9.64. The highest BCUT2D eigenvalue weighted by molar-refractivity contribution is 6.28. The van der Waals surface area contributed by atoms with Crippen molar-refractivity contribution < 1.29 is 19.5 Å². The van der Waals surface area contributed by atoms with Crippen molar-refractivity contribution in [3.05, 3.63) is 101 Å². The Balaban J connectivity index is 1.97. The Labute approximate surface area is 178 Å². The van der Waals surface area contributed by atoms with E-state index in [0.717, 1.165) is 16.0 Å². The molecule has 150 valence electrons. The number of nitrogens with zero attached hydrogens (tertiary/aromatic N) is 1. The lowest BCUT2D eigenvalue weighted by molar-refractivity contribution is -0.121. The SMILES string of the molecule is O=C(O)c1ccc(C(Cl)(c2ccccc2)c2ccccc2)cc1N1C(=O)CCC1=O. The smallest absolute Gasteiger partial charge is 0.337 e. The van der Waals surface area contributed by atoms with Gasteiger partial charge in [-0.1, -0.05) is 66.7 Å². The number of rotatable bonds is 5. The molecule has 1 aliphatic heterocycles. The van der Waals surface area contributed by atoms with E-state index in [-0.39, 0.29) is 24.1 Å². The molecule has 3 aromatic rings. The van der Waals surface area contributed by atoms with Crippen LogP contribution in [-0.4, -0.2) is 22.9 Å².